The van der Waals surface area contributed by atoms with Crippen molar-refractivity contribution in [1.82, 2.24) is 0 Å². The lowest BCUT2D eigenvalue weighted by Gasteiger charge is -2.21. The minimum atomic E-state index is -1.10. The van der Waals surface area contributed by atoms with E-state index < -0.39 is 23.8 Å². The summed E-state index contributed by atoms with van der Waals surface area (Å²) in [5.74, 6) is -1.48. The Morgan fingerprint density at radius 2 is 1.65 bits per heavy atom. The number of aliphatic hydroxyl groups is 1. The molecule has 0 bridgehead atoms. The molecular weight excluding hydrogens is 284 g/mol. The van der Waals surface area contributed by atoms with Crippen molar-refractivity contribution in [2.45, 2.75) is 18.6 Å². The molecule has 0 amide bonds. The quantitative estimate of drug-likeness (QED) is 0.851. The first kappa shape index (κ1) is 14.9. The lowest BCUT2D eigenvalue weighted by Crippen LogP contribution is -2.29. The van der Waals surface area contributed by atoms with Gasteiger partial charge in [0, 0.05) is 12.0 Å². The molecule has 0 aliphatic heterocycles. The van der Waals surface area contributed by atoms with Gasteiger partial charge < -0.3 is 10.8 Å². The maximum atomic E-state index is 13.7. The third kappa shape index (κ3) is 3.15. The van der Waals surface area contributed by atoms with Crippen LogP contribution in [0, 0.1) is 11.6 Å². The van der Waals surface area contributed by atoms with E-state index in [0.29, 0.717) is 0 Å². The van der Waals surface area contributed by atoms with Crippen LogP contribution in [0.2, 0.25) is 5.02 Å². The number of benzene rings is 2. The predicted molar refractivity (Wildman–Crippen MR) is 74.4 cm³/mol. The molecule has 0 saturated carbocycles. The topological polar surface area (TPSA) is 46.2 Å². The van der Waals surface area contributed by atoms with Crippen LogP contribution in [-0.4, -0.2) is 11.2 Å². The summed E-state index contributed by atoms with van der Waals surface area (Å²) >= 11 is 5.73. The molecule has 0 aliphatic carbocycles. The monoisotopic (exact) mass is 297 g/mol. The van der Waals surface area contributed by atoms with Gasteiger partial charge in [-0.15, -0.1) is 0 Å². The van der Waals surface area contributed by atoms with Gasteiger partial charge in [0.25, 0.3) is 0 Å². The standard InChI is InChI=1S/C15H14ClF2NO/c16-14-11(18)7-6-10(17)13(14)15(19)12(20)8-9-4-2-1-3-5-9/h1-7,12,15,20H,8,19H2/t12-,15-/m1/s1. The van der Waals surface area contributed by atoms with Gasteiger partial charge in [-0.3, -0.25) is 0 Å². The number of aliphatic hydroxyl groups excluding tert-OH is 1. The van der Waals surface area contributed by atoms with Gasteiger partial charge in [-0.1, -0.05) is 41.9 Å². The summed E-state index contributed by atoms with van der Waals surface area (Å²) in [6, 6.07) is 9.91. The van der Waals surface area contributed by atoms with E-state index in [1.54, 1.807) is 0 Å². The normalized spacial score (nSPS) is 14.1. The van der Waals surface area contributed by atoms with Gasteiger partial charge in [0.15, 0.2) is 0 Å². The zero-order valence-corrected chi connectivity index (χ0v) is 11.3. The molecule has 5 heteroatoms. The second kappa shape index (κ2) is 6.31. The van der Waals surface area contributed by atoms with Gasteiger partial charge >= 0.3 is 0 Å². The van der Waals surface area contributed by atoms with Crippen LogP contribution in [-0.2, 0) is 6.42 Å². The van der Waals surface area contributed by atoms with Gasteiger partial charge in [-0.05, 0) is 17.7 Å². The van der Waals surface area contributed by atoms with E-state index in [1.807, 2.05) is 30.3 Å². The smallest absolute Gasteiger partial charge is 0.142 e. The number of hydrogen-bond donors (Lipinski definition) is 2. The van der Waals surface area contributed by atoms with Crippen LogP contribution in [0.3, 0.4) is 0 Å². The average molecular weight is 298 g/mol. The number of halogens is 3. The molecule has 2 nitrogen and oxygen atoms in total. The highest BCUT2D eigenvalue weighted by molar-refractivity contribution is 6.31. The van der Waals surface area contributed by atoms with E-state index in [0.717, 1.165) is 17.7 Å². The van der Waals surface area contributed by atoms with Crippen molar-refractivity contribution in [3.8, 4) is 0 Å². The fourth-order valence-electron chi connectivity index (χ4n) is 2.02. The summed E-state index contributed by atoms with van der Waals surface area (Å²) < 4.78 is 27.1. The minimum Gasteiger partial charge on any atom is -0.391 e. The van der Waals surface area contributed by atoms with E-state index in [9.17, 15) is 13.9 Å². The van der Waals surface area contributed by atoms with Crippen LogP contribution in [0.4, 0.5) is 8.78 Å². The first-order valence-electron chi connectivity index (χ1n) is 6.11. The Labute approximate surface area is 120 Å². The lowest BCUT2D eigenvalue weighted by atomic mass is 9.96. The average Bonchev–Trinajstić information content (AvgIpc) is 2.44. The largest absolute Gasteiger partial charge is 0.391 e. The van der Waals surface area contributed by atoms with Gasteiger partial charge in [0.05, 0.1) is 17.2 Å². The summed E-state index contributed by atoms with van der Waals surface area (Å²) in [6.45, 7) is 0. The van der Waals surface area contributed by atoms with Crippen molar-refractivity contribution < 1.29 is 13.9 Å². The second-order valence-corrected chi connectivity index (χ2v) is 4.92. The van der Waals surface area contributed by atoms with E-state index in [2.05, 4.69) is 0 Å². The van der Waals surface area contributed by atoms with Gasteiger partial charge in [0.2, 0.25) is 0 Å². The van der Waals surface area contributed by atoms with Crippen LogP contribution >= 0.6 is 11.6 Å². The van der Waals surface area contributed by atoms with E-state index in [-0.39, 0.29) is 17.0 Å². The molecule has 3 N–H and O–H groups in total. The first-order chi connectivity index (χ1) is 9.50. The summed E-state index contributed by atoms with van der Waals surface area (Å²) in [4.78, 5) is 0. The Kier molecular flexibility index (Phi) is 4.70. The van der Waals surface area contributed by atoms with Gasteiger partial charge in [0.1, 0.15) is 11.6 Å². The Morgan fingerprint density at radius 3 is 2.30 bits per heavy atom. The predicted octanol–water partition coefficient (Wildman–Crippen LogP) is 3.22. The number of rotatable bonds is 4. The molecule has 106 valence electrons. The van der Waals surface area contributed by atoms with Crippen molar-refractivity contribution in [1.29, 1.82) is 0 Å². The second-order valence-electron chi connectivity index (χ2n) is 4.54. The molecule has 0 unspecified atom stereocenters. The van der Waals surface area contributed by atoms with E-state index >= 15 is 0 Å². The maximum absolute atomic E-state index is 13.7. The Bertz CT molecular complexity index is 592. The Hall–Kier alpha value is -1.49. The van der Waals surface area contributed by atoms with Crippen LogP contribution in [0.15, 0.2) is 42.5 Å². The molecule has 0 aromatic heterocycles. The lowest BCUT2D eigenvalue weighted by molar-refractivity contribution is 0.143. The van der Waals surface area contributed by atoms with Gasteiger partial charge in [-0.2, -0.15) is 0 Å². The fourth-order valence-corrected chi connectivity index (χ4v) is 2.30. The molecule has 2 atom stereocenters. The molecule has 0 radical (unpaired) electrons. The third-order valence-electron chi connectivity index (χ3n) is 3.11. The summed E-state index contributed by atoms with van der Waals surface area (Å²) in [5, 5.41) is 9.71. The molecule has 0 spiro atoms. The highest BCUT2D eigenvalue weighted by atomic mass is 35.5. The highest BCUT2D eigenvalue weighted by Gasteiger charge is 2.24. The number of nitrogens with two attached hydrogens (primary N) is 1. The van der Waals surface area contributed by atoms with Crippen molar-refractivity contribution in [2.75, 3.05) is 0 Å². The molecule has 0 heterocycles. The number of hydrogen-bond acceptors (Lipinski definition) is 2. The SMILES string of the molecule is N[C@@H](c1c(F)ccc(F)c1Cl)[C@H](O)Cc1ccccc1. The zero-order valence-electron chi connectivity index (χ0n) is 10.6. The Balaban J connectivity index is 2.23. The summed E-state index contributed by atoms with van der Waals surface area (Å²) in [5.41, 5.74) is 6.47. The Morgan fingerprint density at radius 1 is 1.05 bits per heavy atom. The van der Waals surface area contributed by atoms with Crippen molar-refractivity contribution >= 4 is 11.6 Å². The van der Waals surface area contributed by atoms with Crippen molar-refractivity contribution in [2.24, 2.45) is 5.73 Å². The third-order valence-corrected chi connectivity index (χ3v) is 3.50. The van der Waals surface area contributed by atoms with E-state index in [1.165, 1.54) is 0 Å². The van der Waals surface area contributed by atoms with Crippen molar-refractivity contribution in [3.63, 3.8) is 0 Å². The van der Waals surface area contributed by atoms with Crippen LogP contribution in [0.1, 0.15) is 17.2 Å². The molecular formula is C15H14ClF2NO. The molecule has 2 aromatic carbocycles. The molecule has 0 aliphatic rings. The molecule has 20 heavy (non-hydrogen) atoms. The first-order valence-corrected chi connectivity index (χ1v) is 6.49. The van der Waals surface area contributed by atoms with Crippen LogP contribution in [0.5, 0.6) is 0 Å². The summed E-state index contributed by atoms with van der Waals surface area (Å²) in [6.07, 6.45) is -0.833. The van der Waals surface area contributed by atoms with Gasteiger partial charge in [-0.25, -0.2) is 8.78 Å². The molecule has 2 aromatic rings. The molecule has 0 fully saturated rings. The van der Waals surface area contributed by atoms with Crippen LogP contribution in [0.25, 0.3) is 0 Å². The minimum absolute atomic E-state index is 0.199. The van der Waals surface area contributed by atoms with Crippen molar-refractivity contribution in [3.05, 3.63) is 70.2 Å². The highest BCUT2D eigenvalue weighted by Crippen LogP contribution is 2.29. The fraction of sp³-hybridized carbons (Fsp3) is 0.200. The molecule has 2 rings (SSSR count). The maximum Gasteiger partial charge on any atom is 0.142 e. The zero-order chi connectivity index (χ0) is 14.7. The van der Waals surface area contributed by atoms with Crippen LogP contribution < -0.4 is 5.73 Å². The molecule has 0 saturated heterocycles. The van der Waals surface area contributed by atoms with E-state index in [4.69, 9.17) is 17.3 Å². The summed E-state index contributed by atoms with van der Waals surface area (Å²) in [7, 11) is 0.